The zero-order valence-electron chi connectivity index (χ0n) is 17.3. The molecule has 3 aromatic carbocycles. The Bertz CT molecular complexity index is 1230. The van der Waals surface area contributed by atoms with E-state index in [2.05, 4.69) is 10.4 Å². The monoisotopic (exact) mass is 445 g/mol. The molecule has 0 aliphatic rings. The van der Waals surface area contributed by atoms with Gasteiger partial charge in [0.05, 0.1) is 23.4 Å². The van der Waals surface area contributed by atoms with E-state index in [4.69, 9.17) is 16.3 Å². The fraction of sp³-hybridized carbons (Fsp3) is 0.0800. The van der Waals surface area contributed by atoms with E-state index in [1.54, 1.807) is 54.2 Å². The predicted octanol–water partition coefficient (Wildman–Crippen LogP) is 5.62. The second kappa shape index (κ2) is 9.49. The van der Waals surface area contributed by atoms with Gasteiger partial charge in [-0.1, -0.05) is 41.9 Å². The van der Waals surface area contributed by atoms with Crippen molar-refractivity contribution in [1.29, 1.82) is 0 Å². The number of benzene rings is 3. The third-order valence-electron chi connectivity index (χ3n) is 4.75. The Morgan fingerprint density at radius 2 is 1.66 bits per heavy atom. The second-order valence-corrected chi connectivity index (χ2v) is 7.37. The highest BCUT2D eigenvalue weighted by Gasteiger charge is 2.19. The van der Waals surface area contributed by atoms with Crippen LogP contribution in [0.2, 0.25) is 5.02 Å². The molecular formula is C25H20ClN3O3. The molecule has 32 heavy (non-hydrogen) atoms. The first-order chi connectivity index (χ1) is 15.5. The van der Waals surface area contributed by atoms with Crippen molar-refractivity contribution < 1.29 is 14.3 Å². The van der Waals surface area contributed by atoms with E-state index in [1.165, 1.54) is 0 Å². The lowest BCUT2D eigenvalue weighted by Crippen LogP contribution is -2.12. The van der Waals surface area contributed by atoms with Crippen LogP contribution in [0.15, 0.2) is 85.1 Å². The standard InChI is InChI=1S/C25H20ClN3O3/c1-2-32-25(31)18-10-14-20(15-11-18)27-24(30)22-16-29(21-6-4-3-5-7-21)28-23(22)17-8-12-19(26)13-9-17/h3-16H,2H2,1H3,(H,27,30). The van der Waals surface area contributed by atoms with Crippen LogP contribution in [0.25, 0.3) is 16.9 Å². The lowest BCUT2D eigenvalue weighted by atomic mass is 10.1. The number of rotatable bonds is 6. The molecule has 0 saturated carbocycles. The first-order valence-corrected chi connectivity index (χ1v) is 10.4. The zero-order valence-corrected chi connectivity index (χ0v) is 18.0. The van der Waals surface area contributed by atoms with Crippen LogP contribution >= 0.6 is 11.6 Å². The molecule has 0 fully saturated rings. The molecule has 7 heteroatoms. The van der Waals surface area contributed by atoms with E-state index in [9.17, 15) is 9.59 Å². The van der Waals surface area contributed by atoms with Gasteiger partial charge in [-0.25, -0.2) is 9.48 Å². The molecule has 160 valence electrons. The Hall–Kier alpha value is -3.90. The maximum absolute atomic E-state index is 13.2. The third-order valence-corrected chi connectivity index (χ3v) is 5.00. The molecule has 0 atom stereocenters. The Balaban J connectivity index is 1.65. The molecule has 0 aliphatic heterocycles. The Morgan fingerprint density at radius 1 is 0.969 bits per heavy atom. The summed E-state index contributed by atoms with van der Waals surface area (Å²) < 4.78 is 6.66. The van der Waals surface area contributed by atoms with Crippen molar-refractivity contribution in [1.82, 2.24) is 9.78 Å². The summed E-state index contributed by atoms with van der Waals surface area (Å²) >= 11 is 6.03. The van der Waals surface area contributed by atoms with Crippen molar-refractivity contribution in [3.63, 3.8) is 0 Å². The van der Waals surface area contributed by atoms with Gasteiger partial charge < -0.3 is 10.1 Å². The normalized spacial score (nSPS) is 10.6. The molecule has 0 saturated heterocycles. The molecule has 0 unspecified atom stereocenters. The number of ether oxygens (including phenoxy) is 1. The summed E-state index contributed by atoms with van der Waals surface area (Å²) in [6.07, 6.45) is 1.70. The van der Waals surface area contributed by atoms with Gasteiger partial charge in [-0.15, -0.1) is 0 Å². The number of anilines is 1. The van der Waals surface area contributed by atoms with Crippen LogP contribution in [0, 0.1) is 0 Å². The Labute approximate surface area is 190 Å². The molecular weight excluding hydrogens is 426 g/mol. The van der Waals surface area contributed by atoms with Gasteiger partial charge in [-0.2, -0.15) is 5.10 Å². The molecule has 0 bridgehead atoms. The van der Waals surface area contributed by atoms with Crippen LogP contribution in [-0.2, 0) is 4.74 Å². The quantitative estimate of drug-likeness (QED) is 0.391. The highest BCUT2D eigenvalue weighted by Crippen LogP contribution is 2.26. The number of hydrogen-bond donors (Lipinski definition) is 1. The number of esters is 1. The van der Waals surface area contributed by atoms with Gasteiger partial charge in [0.2, 0.25) is 0 Å². The lowest BCUT2D eigenvalue weighted by Gasteiger charge is -2.07. The number of carbonyl (C=O) groups is 2. The van der Waals surface area contributed by atoms with Crippen LogP contribution in [0.1, 0.15) is 27.6 Å². The molecule has 1 N–H and O–H groups in total. The summed E-state index contributed by atoms with van der Waals surface area (Å²) in [5, 5.41) is 8.13. The smallest absolute Gasteiger partial charge is 0.338 e. The van der Waals surface area contributed by atoms with E-state index in [1.807, 2.05) is 42.5 Å². The van der Waals surface area contributed by atoms with Crippen LogP contribution in [0.4, 0.5) is 5.69 Å². The number of aromatic nitrogens is 2. The van der Waals surface area contributed by atoms with Crippen molar-refractivity contribution in [3.05, 3.63) is 101 Å². The molecule has 1 heterocycles. The summed E-state index contributed by atoms with van der Waals surface area (Å²) in [6.45, 7) is 2.05. The number of nitrogens with zero attached hydrogens (tertiary/aromatic N) is 2. The predicted molar refractivity (Wildman–Crippen MR) is 124 cm³/mol. The van der Waals surface area contributed by atoms with E-state index < -0.39 is 5.97 Å². The van der Waals surface area contributed by atoms with Gasteiger partial charge in [0.15, 0.2) is 0 Å². The first-order valence-electron chi connectivity index (χ1n) is 10.0. The molecule has 0 aliphatic carbocycles. The molecule has 4 aromatic rings. The average molecular weight is 446 g/mol. The van der Waals surface area contributed by atoms with E-state index in [-0.39, 0.29) is 5.91 Å². The molecule has 0 radical (unpaired) electrons. The minimum absolute atomic E-state index is 0.302. The van der Waals surface area contributed by atoms with Crippen molar-refractivity contribution in [2.24, 2.45) is 0 Å². The maximum atomic E-state index is 13.2. The van der Waals surface area contributed by atoms with Crippen molar-refractivity contribution in [2.45, 2.75) is 6.92 Å². The number of halogens is 1. The van der Waals surface area contributed by atoms with Crippen molar-refractivity contribution >= 4 is 29.2 Å². The summed E-state index contributed by atoms with van der Waals surface area (Å²) in [5.74, 6) is -0.722. The van der Waals surface area contributed by atoms with E-state index in [0.29, 0.717) is 34.1 Å². The SMILES string of the molecule is CCOC(=O)c1ccc(NC(=O)c2cn(-c3ccccc3)nc2-c2ccc(Cl)cc2)cc1. The largest absolute Gasteiger partial charge is 0.462 e. The highest BCUT2D eigenvalue weighted by molar-refractivity contribution is 6.30. The van der Waals surface area contributed by atoms with Gasteiger partial charge in [0, 0.05) is 22.5 Å². The fourth-order valence-corrected chi connectivity index (χ4v) is 3.30. The van der Waals surface area contributed by atoms with Crippen molar-refractivity contribution in [3.8, 4) is 16.9 Å². The highest BCUT2D eigenvalue weighted by atomic mass is 35.5. The third kappa shape index (κ3) is 4.71. The molecule has 0 spiro atoms. The first kappa shape index (κ1) is 21.3. The number of para-hydroxylation sites is 1. The van der Waals surface area contributed by atoms with Crippen molar-refractivity contribution in [2.75, 3.05) is 11.9 Å². The molecule has 1 amide bonds. The Kier molecular flexibility index (Phi) is 6.33. The summed E-state index contributed by atoms with van der Waals surface area (Å²) in [6, 6.07) is 23.3. The van der Waals surface area contributed by atoms with E-state index >= 15 is 0 Å². The summed E-state index contributed by atoms with van der Waals surface area (Å²) in [4.78, 5) is 25.0. The second-order valence-electron chi connectivity index (χ2n) is 6.93. The minimum Gasteiger partial charge on any atom is -0.462 e. The van der Waals surface area contributed by atoms with Crippen LogP contribution in [-0.4, -0.2) is 28.3 Å². The molecule has 6 nitrogen and oxygen atoms in total. The number of nitrogens with one attached hydrogen (secondary N) is 1. The minimum atomic E-state index is -0.403. The fourth-order valence-electron chi connectivity index (χ4n) is 3.18. The maximum Gasteiger partial charge on any atom is 0.338 e. The van der Waals surface area contributed by atoms with Gasteiger partial charge >= 0.3 is 5.97 Å². The van der Waals surface area contributed by atoms with E-state index in [0.717, 1.165) is 11.3 Å². The van der Waals surface area contributed by atoms with Gasteiger partial charge in [0.1, 0.15) is 5.69 Å². The van der Waals surface area contributed by atoms with Crippen LogP contribution in [0.5, 0.6) is 0 Å². The Morgan fingerprint density at radius 3 is 2.31 bits per heavy atom. The van der Waals surface area contributed by atoms with Gasteiger partial charge in [-0.3, -0.25) is 4.79 Å². The topological polar surface area (TPSA) is 73.2 Å². The van der Waals surface area contributed by atoms with Gasteiger partial charge in [-0.05, 0) is 55.5 Å². The van der Waals surface area contributed by atoms with Crippen LogP contribution in [0.3, 0.4) is 0 Å². The number of carbonyl (C=O) groups excluding carboxylic acids is 2. The number of amides is 1. The number of hydrogen-bond acceptors (Lipinski definition) is 4. The zero-order chi connectivity index (χ0) is 22.5. The molecule has 1 aromatic heterocycles. The lowest BCUT2D eigenvalue weighted by molar-refractivity contribution is 0.0526. The summed E-state index contributed by atoms with van der Waals surface area (Å²) in [5.41, 5.74) is 3.52. The molecule has 4 rings (SSSR count). The summed E-state index contributed by atoms with van der Waals surface area (Å²) in [7, 11) is 0. The van der Waals surface area contributed by atoms with Crippen LogP contribution < -0.4 is 5.32 Å². The average Bonchev–Trinajstić information content (AvgIpc) is 3.26. The van der Waals surface area contributed by atoms with Gasteiger partial charge in [0.25, 0.3) is 5.91 Å².